The Morgan fingerprint density at radius 2 is 2.39 bits per heavy atom. The van der Waals surface area contributed by atoms with Gasteiger partial charge in [-0.1, -0.05) is 0 Å². The van der Waals surface area contributed by atoms with Crippen molar-refractivity contribution in [3.05, 3.63) is 16.3 Å². The number of hydrogen-bond acceptors (Lipinski definition) is 6. The molecule has 0 amide bonds. The van der Waals surface area contributed by atoms with Crippen LogP contribution < -0.4 is 10.0 Å². The zero-order valence-corrected chi connectivity index (χ0v) is 11.4. The Balaban J connectivity index is 2.24. The molecule has 2 N–H and O–H groups in total. The summed E-state index contributed by atoms with van der Waals surface area (Å²) < 4.78 is 31.5. The van der Waals surface area contributed by atoms with Crippen LogP contribution in [0.2, 0.25) is 0 Å². The van der Waals surface area contributed by atoms with E-state index in [2.05, 4.69) is 14.8 Å². The lowest BCUT2D eigenvalue weighted by Gasteiger charge is -2.11. The van der Waals surface area contributed by atoms with Crippen molar-refractivity contribution in [2.45, 2.75) is 17.4 Å². The molecule has 2 rings (SSSR count). The van der Waals surface area contributed by atoms with E-state index in [0.29, 0.717) is 6.54 Å². The van der Waals surface area contributed by atoms with E-state index in [-0.39, 0.29) is 15.8 Å². The number of thiophene rings is 1. The van der Waals surface area contributed by atoms with E-state index in [1.54, 1.807) is 5.38 Å². The van der Waals surface area contributed by atoms with Crippen LogP contribution in [0.4, 0.5) is 0 Å². The first-order valence-corrected chi connectivity index (χ1v) is 7.80. The molecule has 0 spiro atoms. The monoisotopic (exact) mass is 290 g/mol. The van der Waals surface area contributed by atoms with Crippen LogP contribution in [-0.2, 0) is 14.8 Å². The molecule has 1 atom stereocenters. The molecule has 100 valence electrons. The van der Waals surface area contributed by atoms with Crippen molar-refractivity contribution in [1.29, 1.82) is 0 Å². The van der Waals surface area contributed by atoms with Gasteiger partial charge in [0.1, 0.15) is 9.77 Å². The number of hydrogen-bond donors (Lipinski definition) is 2. The quantitative estimate of drug-likeness (QED) is 0.773. The molecule has 0 aliphatic carbocycles. The largest absolute Gasteiger partial charge is 0.465 e. The zero-order valence-electron chi connectivity index (χ0n) is 9.80. The van der Waals surface area contributed by atoms with Gasteiger partial charge in [0.05, 0.1) is 7.11 Å². The third kappa shape index (κ3) is 2.72. The smallest absolute Gasteiger partial charge is 0.349 e. The predicted octanol–water partition coefficient (Wildman–Crippen LogP) is 0.175. The highest BCUT2D eigenvalue weighted by molar-refractivity contribution is 7.89. The second-order valence-corrected chi connectivity index (χ2v) is 6.52. The Hall–Kier alpha value is -0.960. The van der Waals surface area contributed by atoms with Crippen molar-refractivity contribution in [1.82, 2.24) is 10.0 Å². The van der Waals surface area contributed by atoms with Crippen LogP contribution in [-0.4, -0.2) is 40.6 Å². The van der Waals surface area contributed by atoms with Gasteiger partial charge in [0, 0.05) is 12.6 Å². The number of sulfonamides is 1. The van der Waals surface area contributed by atoms with Gasteiger partial charge in [0.15, 0.2) is 0 Å². The van der Waals surface area contributed by atoms with E-state index in [4.69, 9.17) is 0 Å². The van der Waals surface area contributed by atoms with Crippen molar-refractivity contribution < 1.29 is 17.9 Å². The van der Waals surface area contributed by atoms with Crippen molar-refractivity contribution in [2.75, 3.05) is 20.2 Å². The highest BCUT2D eigenvalue weighted by Gasteiger charge is 2.28. The van der Waals surface area contributed by atoms with Gasteiger partial charge in [-0.3, -0.25) is 0 Å². The van der Waals surface area contributed by atoms with Gasteiger partial charge in [-0.2, -0.15) is 0 Å². The average molecular weight is 290 g/mol. The number of ether oxygens (including phenoxy) is 1. The fourth-order valence-corrected chi connectivity index (χ4v) is 4.39. The summed E-state index contributed by atoms with van der Waals surface area (Å²) in [6.07, 6.45) is 0.747. The van der Waals surface area contributed by atoms with E-state index in [1.807, 2.05) is 0 Å². The summed E-state index contributed by atoms with van der Waals surface area (Å²) in [5.41, 5.74) is 0. The van der Waals surface area contributed by atoms with Gasteiger partial charge in [-0.05, 0) is 24.4 Å². The topological polar surface area (TPSA) is 84.5 Å². The number of esters is 1. The summed E-state index contributed by atoms with van der Waals surface area (Å²) in [5.74, 6) is -0.630. The molecule has 0 bridgehead atoms. The molecule has 6 nitrogen and oxygen atoms in total. The minimum Gasteiger partial charge on any atom is -0.465 e. The molecule has 1 aliphatic rings. The van der Waals surface area contributed by atoms with Crippen LogP contribution in [0.1, 0.15) is 16.1 Å². The van der Waals surface area contributed by atoms with Crippen LogP contribution in [0.5, 0.6) is 0 Å². The van der Waals surface area contributed by atoms with Crippen molar-refractivity contribution >= 4 is 27.3 Å². The standard InChI is InChI=1S/C10H14N2O4S2/c1-16-10(13)9-8(3-5-17-9)18(14,15)12-7-2-4-11-6-7/h3,5,7,11-12H,2,4,6H2,1H3/t7-/m0/s1. The Morgan fingerprint density at radius 3 is 3.00 bits per heavy atom. The van der Waals surface area contributed by atoms with Crippen LogP contribution >= 0.6 is 11.3 Å². The first-order valence-electron chi connectivity index (χ1n) is 5.43. The fraction of sp³-hybridized carbons (Fsp3) is 0.500. The first kappa shape index (κ1) is 13.5. The van der Waals surface area contributed by atoms with Crippen LogP contribution in [0.3, 0.4) is 0 Å². The molecule has 1 aliphatic heterocycles. The summed E-state index contributed by atoms with van der Waals surface area (Å²) >= 11 is 1.06. The maximum absolute atomic E-state index is 12.2. The van der Waals surface area contributed by atoms with Crippen molar-refractivity contribution in [2.24, 2.45) is 0 Å². The molecule has 8 heteroatoms. The summed E-state index contributed by atoms with van der Waals surface area (Å²) in [4.78, 5) is 11.6. The summed E-state index contributed by atoms with van der Waals surface area (Å²) in [5, 5.41) is 4.64. The number of nitrogens with one attached hydrogen (secondary N) is 2. The molecule has 0 aromatic carbocycles. The molecule has 1 aromatic heterocycles. The fourth-order valence-electron chi connectivity index (χ4n) is 1.79. The Morgan fingerprint density at radius 1 is 1.61 bits per heavy atom. The maximum Gasteiger partial charge on any atom is 0.349 e. The number of rotatable bonds is 4. The van der Waals surface area contributed by atoms with E-state index in [9.17, 15) is 13.2 Å². The van der Waals surface area contributed by atoms with Crippen LogP contribution in [0.25, 0.3) is 0 Å². The van der Waals surface area contributed by atoms with Crippen LogP contribution in [0, 0.1) is 0 Å². The second kappa shape index (κ2) is 5.35. The molecule has 2 heterocycles. The number of methoxy groups -OCH3 is 1. The minimum absolute atomic E-state index is 0.00810. The molecule has 1 saturated heterocycles. The first-order chi connectivity index (χ1) is 8.54. The lowest BCUT2D eigenvalue weighted by Crippen LogP contribution is -2.36. The second-order valence-electron chi connectivity index (χ2n) is 3.92. The molecule has 18 heavy (non-hydrogen) atoms. The van der Waals surface area contributed by atoms with E-state index >= 15 is 0 Å². The summed E-state index contributed by atoms with van der Waals surface area (Å²) in [7, 11) is -2.44. The summed E-state index contributed by atoms with van der Waals surface area (Å²) in [6, 6.07) is 1.29. The van der Waals surface area contributed by atoms with Gasteiger partial charge >= 0.3 is 5.97 Å². The van der Waals surface area contributed by atoms with Crippen molar-refractivity contribution in [3.63, 3.8) is 0 Å². The Bertz CT molecular complexity index is 532. The van der Waals surface area contributed by atoms with Gasteiger partial charge < -0.3 is 10.1 Å². The lowest BCUT2D eigenvalue weighted by atomic mass is 10.3. The normalized spacial score (nSPS) is 19.9. The molecule has 0 saturated carbocycles. The van der Waals surface area contributed by atoms with E-state index in [0.717, 1.165) is 24.3 Å². The van der Waals surface area contributed by atoms with Gasteiger partial charge in [0.25, 0.3) is 0 Å². The maximum atomic E-state index is 12.2. The highest BCUT2D eigenvalue weighted by atomic mass is 32.2. The molecular weight excluding hydrogens is 276 g/mol. The molecular formula is C10H14N2O4S2. The molecule has 1 aromatic rings. The number of carbonyl (C=O) groups excluding carboxylic acids is 1. The van der Waals surface area contributed by atoms with Gasteiger partial charge in [0.2, 0.25) is 10.0 Å². The van der Waals surface area contributed by atoms with Crippen LogP contribution in [0.15, 0.2) is 16.3 Å². The number of carbonyl (C=O) groups is 1. The van der Waals surface area contributed by atoms with E-state index < -0.39 is 16.0 Å². The third-order valence-corrected chi connectivity index (χ3v) is 5.26. The van der Waals surface area contributed by atoms with E-state index in [1.165, 1.54) is 13.2 Å². The Labute approximate surface area is 109 Å². The van der Waals surface area contributed by atoms with Crippen molar-refractivity contribution in [3.8, 4) is 0 Å². The SMILES string of the molecule is COC(=O)c1sccc1S(=O)(=O)N[C@H]1CCNC1. The molecule has 0 radical (unpaired) electrons. The molecule has 0 unspecified atom stereocenters. The predicted molar refractivity (Wildman–Crippen MR) is 67.3 cm³/mol. The lowest BCUT2D eigenvalue weighted by molar-refractivity contribution is 0.0602. The van der Waals surface area contributed by atoms with Gasteiger partial charge in [-0.25, -0.2) is 17.9 Å². The zero-order chi connectivity index (χ0) is 13.2. The molecule has 1 fully saturated rings. The third-order valence-electron chi connectivity index (χ3n) is 2.67. The van der Waals surface area contributed by atoms with Gasteiger partial charge in [-0.15, -0.1) is 11.3 Å². The highest BCUT2D eigenvalue weighted by Crippen LogP contribution is 2.23. The Kier molecular flexibility index (Phi) is 4.00. The average Bonchev–Trinajstić information content (AvgIpc) is 2.97. The summed E-state index contributed by atoms with van der Waals surface area (Å²) in [6.45, 7) is 1.40. The minimum atomic E-state index is -3.67.